The van der Waals surface area contributed by atoms with Crippen molar-refractivity contribution < 1.29 is 4.74 Å². The van der Waals surface area contributed by atoms with Gasteiger partial charge in [-0.15, -0.1) is 0 Å². The maximum atomic E-state index is 6.05. The first-order valence-electron chi connectivity index (χ1n) is 9.66. The van der Waals surface area contributed by atoms with Crippen LogP contribution in [0.15, 0.2) is 60.9 Å². The van der Waals surface area contributed by atoms with Gasteiger partial charge in [-0.05, 0) is 49.2 Å². The lowest BCUT2D eigenvalue weighted by molar-refractivity contribution is 0.444. The van der Waals surface area contributed by atoms with E-state index in [4.69, 9.17) is 4.74 Å². The largest absolute Gasteiger partial charge is 0.437 e. The predicted octanol–water partition coefficient (Wildman–Crippen LogP) is 5.55. The number of imidazole rings is 1. The van der Waals surface area contributed by atoms with Crippen molar-refractivity contribution in [1.82, 2.24) is 19.9 Å². The zero-order valence-corrected chi connectivity index (χ0v) is 15.4. The number of rotatable bonds is 5. The number of fused-ring (bicyclic) bond motifs is 1. The summed E-state index contributed by atoms with van der Waals surface area (Å²) in [7, 11) is 0. The zero-order valence-electron chi connectivity index (χ0n) is 15.4. The van der Waals surface area contributed by atoms with Gasteiger partial charge in [-0.1, -0.05) is 25.0 Å². The Kier molecular flexibility index (Phi) is 4.37. The van der Waals surface area contributed by atoms with Gasteiger partial charge in [0, 0.05) is 24.0 Å². The van der Waals surface area contributed by atoms with Crippen molar-refractivity contribution >= 4 is 22.7 Å². The quantitative estimate of drug-likeness (QED) is 0.481. The van der Waals surface area contributed by atoms with Crippen molar-refractivity contribution in [1.29, 1.82) is 0 Å². The fraction of sp³-hybridized carbons (Fsp3) is 0.227. The summed E-state index contributed by atoms with van der Waals surface area (Å²) in [6.45, 7) is 0. The molecule has 0 saturated heterocycles. The fourth-order valence-corrected chi connectivity index (χ4v) is 3.76. The third-order valence-corrected chi connectivity index (χ3v) is 5.15. The second-order valence-electron chi connectivity index (χ2n) is 7.08. The van der Waals surface area contributed by atoms with Crippen LogP contribution < -0.4 is 10.1 Å². The number of aromatic amines is 1. The molecule has 2 N–H and O–H groups in total. The van der Waals surface area contributed by atoms with Crippen LogP contribution >= 0.6 is 0 Å². The van der Waals surface area contributed by atoms with E-state index in [0.717, 1.165) is 41.0 Å². The van der Waals surface area contributed by atoms with E-state index in [9.17, 15) is 0 Å². The van der Waals surface area contributed by atoms with Crippen molar-refractivity contribution in [3.05, 3.63) is 66.6 Å². The first-order valence-corrected chi connectivity index (χ1v) is 9.66. The standard InChI is InChI=1S/C22H21N5O/c1-2-6-15(5-1)20-21(24-14-13-23-20)28-17-11-9-16(10-12-17)25-22-26-18-7-3-4-8-19(18)27-22/h3-4,7-15H,1-2,5-6H2,(H2,25,26,27). The third kappa shape index (κ3) is 3.41. The summed E-state index contributed by atoms with van der Waals surface area (Å²) in [6.07, 6.45) is 8.27. The first-order chi connectivity index (χ1) is 13.8. The lowest BCUT2D eigenvalue weighted by atomic mass is 10.0. The minimum absolute atomic E-state index is 0.456. The van der Waals surface area contributed by atoms with Gasteiger partial charge >= 0.3 is 0 Å². The number of nitrogens with one attached hydrogen (secondary N) is 2. The highest BCUT2D eigenvalue weighted by molar-refractivity contribution is 5.78. The average Bonchev–Trinajstić information content (AvgIpc) is 3.39. The van der Waals surface area contributed by atoms with E-state index in [-0.39, 0.29) is 0 Å². The van der Waals surface area contributed by atoms with Gasteiger partial charge < -0.3 is 15.0 Å². The molecule has 6 nitrogen and oxygen atoms in total. The third-order valence-electron chi connectivity index (χ3n) is 5.15. The van der Waals surface area contributed by atoms with Crippen LogP contribution in [-0.2, 0) is 0 Å². The smallest absolute Gasteiger partial charge is 0.241 e. The molecule has 0 spiro atoms. The Balaban J connectivity index is 1.32. The topological polar surface area (TPSA) is 75.7 Å². The van der Waals surface area contributed by atoms with Crippen molar-refractivity contribution in [2.45, 2.75) is 31.6 Å². The van der Waals surface area contributed by atoms with Crippen LogP contribution in [0.1, 0.15) is 37.3 Å². The van der Waals surface area contributed by atoms with Crippen LogP contribution in [0.5, 0.6) is 11.6 Å². The zero-order chi connectivity index (χ0) is 18.8. The van der Waals surface area contributed by atoms with E-state index in [1.54, 1.807) is 12.4 Å². The minimum atomic E-state index is 0.456. The van der Waals surface area contributed by atoms with Crippen molar-refractivity contribution in [3.8, 4) is 11.6 Å². The SMILES string of the molecule is c1ccc2[nH]c(Nc3ccc(Oc4nccnc4C4CCCC4)cc3)nc2c1. The summed E-state index contributed by atoms with van der Waals surface area (Å²) in [5.74, 6) is 2.53. The Hall–Kier alpha value is -3.41. The van der Waals surface area contributed by atoms with Crippen molar-refractivity contribution in [2.24, 2.45) is 0 Å². The second-order valence-corrected chi connectivity index (χ2v) is 7.08. The number of hydrogen-bond acceptors (Lipinski definition) is 5. The monoisotopic (exact) mass is 371 g/mol. The Bertz CT molecular complexity index is 1050. The molecule has 1 saturated carbocycles. The number of nitrogens with zero attached hydrogens (tertiary/aromatic N) is 3. The summed E-state index contributed by atoms with van der Waals surface area (Å²) in [6, 6.07) is 15.7. The molecular weight excluding hydrogens is 350 g/mol. The van der Waals surface area contributed by atoms with E-state index < -0.39 is 0 Å². The molecule has 4 aromatic rings. The predicted molar refractivity (Wildman–Crippen MR) is 109 cm³/mol. The van der Waals surface area contributed by atoms with E-state index in [0.29, 0.717) is 17.7 Å². The van der Waals surface area contributed by atoms with E-state index in [2.05, 4.69) is 25.3 Å². The number of H-pyrrole nitrogens is 1. The van der Waals surface area contributed by atoms with E-state index in [1.807, 2.05) is 48.5 Å². The Labute approximate surface area is 163 Å². The second kappa shape index (κ2) is 7.31. The highest BCUT2D eigenvalue weighted by Crippen LogP contribution is 2.37. The van der Waals surface area contributed by atoms with Crippen LogP contribution in [0.25, 0.3) is 11.0 Å². The summed E-state index contributed by atoms with van der Waals surface area (Å²) in [4.78, 5) is 16.8. The molecule has 2 aromatic heterocycles. The molecule has 5 rings (SSSR count). The molecule has 6 heteroatoms. The fourth-order valence-electron chi connectivity index (χ4n) is 3.76. The molecule has 0 unspecified atom stereocenters. The maximum Gasteiger partial charge on any atom is 0.241 e. The minimum Gasteiger partial charge on any atom is -0.437 e. The van der Waals surface area contributed by atoms with Crippen molar-refractivity contribution in [3.63, 3.8) is 0 Å². The van der Waals surface area contributed by atoms with Gasteiger partial charge in [0.15, 0.2) is 0 Å². The number of para-hydroxylation sites is 2. The molecule has 2 heterocycles. The Morgan fingerprint density at radius 3 is 2.54 bits per heavy atom. The van der Waals surface area contributed by atoms with Crippen LogP contribution in [0.4, 0.5) is 11.6 Å². The number of aromatic nitrogens is 4. The molecule has 1 aliphatic carbocycles. The lowest BCUT2D eigenvalue weighted by Crippen LogP contribution is -2.02. The highest BCUT2D eigenvalue weighted by atomic mass is 16.5. The summed E-state index contributed by atoms with van der Waals surface area (Å²) in [5, 5.41) is 3.29. The number of benzene rings is 2. The molecule has 0 atom stereocenters. The average molecular weight is 371 g/mol. The van der Waals surface area contributed by atoms with Gasteiger partial charge in [0.2, 0.25) is 11.8 Å². The van der Waals surface area contributed by atoms with Gasteiger partial charge in [0.05, 0.1) is 11.0 Å². The molecule has 140 valence electrons. The van der Waals surface area contributed by atoms with E-state index >= 15 is 0 Å². The van der Waals surface area contributed by atoms with Crippen molar-refractivity contribution in [2.75, 3.05) is 5.32 Å². The van der Waals surface area contributed by atoms with Gasteiger partial charge in [-0.3, -0.25) is 4.98 Å². The van der Waals surface area contributed by atoms with Crippen LogP contribution in [0.3, 0.4) is 0 Å². The molecule has 2 aromatic carbocycles. The molecule has 1 aliphatic rings. The molecule has 0 amide bonds. The lowest BCUT2D eigenvalue weighted by Gasteiger charge is -2.13. The number of hydrogen-bond donors (Lipinski definition) is 2. The van der Waals surface area contributed by atoms with Crippen LogP contribution in [0.2, 0.25) is 0 Å². The molecule has 0 aliphatic heterocycles. The summed E-state index contributed by atoms with van der Waals surface area (Å²) >= 11 is 0. The molecule has 0 bridgehead atoms. The number of ether oxygens (including phenoxy) is 1. The van der Waals surface area contributed by atoms with Crippen LogP contribution in [-0.4, -0.2) is 19.9 Å². The molecule has 28 heavy (non-hydrogen) atoms. The van der Waals surface area contributed by atoms with Gasteiger partial charge in [-0.25, -0.2) is 9.97 Å². The Morgan fingerprint density at radius 2 is 1.71 bits per heavy atom. The van der Waals surface area contributed by atoms with Gasteiger partial charge in [0.25, 0.3) is 0 Å². The maximum absolute atomic E-state index is 6.05. The highest BCUT2D eigenvalue weighted by Gasteiger charge is 2.23. The summed E-state index contributed by atoms with van der Waals surface area (Å²) in [5.41, 5.74) is 3.85. The van der Waals surface area contributed by atoms with Crippen LogP contribution in [0, 0.1) is 0 Å². The normalized spacial score (nSPS) is 14.4. The Morgan fingerprint density at radius 1 is 0.929 bits per heavy atom. The summed E-state index contributed by atoms with van der Waals surface area (Å²) < 4.78 is 6.05. The molecule has 1 fully saturated rings. The molecule has 0 radical (unpaired) electrons. The van der Waals surface area contributed by atoms with Gasteiger partial charge in [0.1, 0.15) is 11.4 Å². The van der Waals surface area contributed by atoms with E-state index in [1.165, 1.54) is 12.8 Å². The molecular formula is C22H21N5O. The first kappa shape index (κ1) is 16.7. The number of anilines is 2. The van der Waals surface area contributed by atoms with Gasteiger partial charge in [-0.2, -0.15) is 0 Å².